The lowest BCUT2D eigenvalue weighted by molar-refractivity contribution is -0.138. The minimum atomic E-state index is -0.437. The number of carbonyl (C=O) groups is 1. The van der Waals surface area contributed by atoms with Crippen LogP contribution in [-0.2, 0) is 9.53 Å². The maximum absolute atomic E-state index is 12.8. The Balaban J connectivity index is 2.14. The number of ether oxygens (including phenoxy) is 2. The zero-order valence-electron chi connectivity index (χ0n) is 15.3. The second-order valence-electron chi connectivity index (χ2n) is 5.91. The summed E-state index contributed by atoms with van der Waals surface area (Å²) in [5, 5.41) is 6.78. The smallest absolute Gasteiger partial charge is 0.338 e. The minimum absolute atomic E-state index is 0.292. The molecule has 3 rings (SSSR count). The molecule has 1 atom stereocenters. The first kappa shape index (κ1) is 18.9. The normalized spacial score (nSPS) is 16.4. The van der Waals surface area contributed by atoms with E-state index in [-0.39, 0.29) is 5.97 Å². The Bertz CT molecular complexity index is 865. The number of nitrogens with one attached hydrogen (secondary N) is 2. The summed E-state index contributed by atoms with van der Waals surface area (Å²) in [6.45, 7) is 4.58. The van der Waals surface area contributed by atoms with Crippen LogP contribution in [0.15, 0.2) is 60.2 Å². The van der Waals surface area contributed by atoms with E-state index in [0.717, 1.165) is 16.9 Å². The number of thiocarbonyl (C=S) groups is 1. The Morgan fingerprint density at radius 3 is 2.56 bits per heavy atom. The molecule has 2 N–H and O–H groups in total. The van der Waals surface area contributed by atoms with Crippen molar-refractivity contribution in [3.05, 3.63) is 71.3 Å². The number of hydrogen-bond donors (Lipinski definition) is 2. The van der Waals surface area contributed by atoms with E-state index in [4.69, 9.17) is 21.7 Å². The summed E-state index contributed by atoms with van der Waals surface area (Å²) in [6, 6.07) is 16.8. The van der Waals surface area contributed by atoms with Gasteiger partial charge in [-0.2, -0.15) is 0 Å². The van der Waals surface area contributed by atoms with Gasteiger partial charge in [0, 0.05) is 0 Å². The molecule has 0 aromatic heterocycles. The number of hydrogen-bond acceptors (Lipinski definition) is 4. The predicted molar refractivity (Wildman–Crippen MR) is 109 cm³/mol. The van der Waals surface area contributed by atoms with Gasteiger partial charge in [-0.05, 0) is 49.3 Å². The number of carbonyl (C=O) groups excluding carboxylic acids is 1. The molecule has 1 aliphatic heterocycles. The molecule has 1 heterocycles. The van der Waals surface area contributed by atoms with Crippen LogP contribution in [0.2, 0.25) is 0 Å². The van der Waals surface area contributed by atoms with Crippen LogP contribution in [0.1, 0.15) is 31.0 Å². The predicted octanol–water partition coefficient (Wildman–Crippen LogP) is 3.58. The van der Waals surface area contributed by atoms with Crippen LogP contribution in [0, 0.1) is 0 Å². The Kier molecular flexibility index (Phi) is 6.08. The van der Waals surface area contributed by atoms with Crippen molar-refractivity contribution < 1.29 is 14.3 Å². The number of benzene rings is 2. The average Bonchev–Trinajstić information content (AvgIpc) is 2.68. The summed E-state index contributed by atoms with van der Waals surface area (Å²) in [4.78, 5) is 12.8. The van der Waals surface area contributed by atoms with E-state index in [9.17, 15) is 4.79 Å². The van der Waals surface area contributed by atoms with Crippen LogP contribution in [0.4, 0.5) is 0 Å². The molecule has 5 nitrogen and oxygen atoms in total. The van der Waals surface area contributed by atoms with E-state index in [0.29, 0.717) is 29.6 Å². The third kappa shape index (κ3) is 4.28. The summed E-state index contributed by atoms with van der Waals surface area (Å²) in [6.07, 6.45) is 0. The van der Waals surface area contributed by atoms with E-state index in [2.05, 4.69) is 10.6 Å². The van der Waals surface area contributed by atoms with E-state index < -0.39 is 6.04 Å². The first-order valence-electron chi connectivity index (χ1n) is 8.91. The Morgan fingerprint density at radius 2 is 1.85 bits per heavy atom. The number of esters is 1. The maximum atomic E-state index is 12.8. The highest BCUT2D eigenvalue weighted by atomic mass is 32.1. The van der Waals surface area contributed by atoms with E-state index in [1.54, 1.807) is 6.92 Å². The van der Waals surface area contributed by atoms with Gasteiger partial charge in [-0.15, -0.1) is 0 Å². The molecule has 0 aliphatic carbocycles. The van der Waals surface area contributed by atoms with Gasteiger partial charge in [0.15, 0.2) is 5.11 Å². The molecule has 0 radical (unpaired) electrons. The third-order valence-corrected chi connectivity index (χ3v) is 4.35. The molecule has 2 aromatic carbocycles. The first-order chi connectivity index (χ1) is 13.1. The quantitative estimate of drug-likeness (QED) is 0.588. The second kappa shape index (κ2) is 8.68. The fraction of sp³-hybridized carbons (Fsp3) is 0.238. The molecule has 0 spiro atoms. The number of rotatable bonds is 6. The average molecular weight is 382 g/mol. The lowest BCUT2D eigenvalue weighted by Gasteiger charge is -2.31. The molecule has 27 heavy (non-hydrogen) atoms. The van der Waals surface area contributed by atoms with Crippen molar-refractivity contribution in [3.63, 3.8) is 0 Å². The van der Waals surface area contributed by atoms with Gasteiger partial charge in [0.1, 0.15) is 5.75 Å². The molecule has 0 amide bonds. The maximum Gasteiger partial charge on any atom is 0.338 e. The van der Waals surface area contributed by atoms with Crippen LogP contribution in [-0.4, -0.2) is 24.3 Å². The summed E-state index contributed by atoms with van der Waals surface area (Å²) in [7, 11) is 0. The van der Waals surface area contributed by atoms with Gasteiger partial charge in [0.05, 0.1) is 30.5 Å². The molecule has 140 valence electrons. The molecular weight excluding hydrogens is 360 g/mol. The summed E-state index contributed by atoms with van der Waals surface area (Å²) in [5.41, 5.74) is 2.89. The van der Waals surface area contributed by atoms with E-state index in [1.165, 1.54) is 0 Å². The van der Waals surface area contributed by atoms with Gasteiger partial charge in [-0.25, -0.2) is 4.79 Å². The standard InChI is InChI=1S/C21H22N2O3S/c1-3-25-16-12-8-11-15(13-16)19-17(20(24)26-4-2)18(22-21(27)23-19)14-9-6-5-7-10-14/h5-13,19H,3-4H2,1-2H3,(H2,22,23,27)/t19-/m0/s1. The van der Waals surface area contributed by atoms with E-state index >= 15 is 0 Å². The SMILES string of the molecule is CCOC(=O)C1=C(c2ccccc2)NC(=S)N[C@H]1c1cccc(OCC)c1. The fourth-order valence-corrected chi connectivity index (χ4v) is 3.25. The van der Waals surface area contributed by atoms with Crippen molar-refractivity contribution in [2.75, 3.05) is 13.2 Å². The van der Waals surface area contributed by atoms with Crippen LogP contribution in [0.3, 0.4) is 0 Å². The molecule has 2 aromatic rings. The summed E-state index contributed by atoms with van der Waals surface area (Å²) in [5.74, 6) is 0.358. The zero-order valence-corrected chi connectivity index (χ0v) is 16.1. The molecule has 0 unspecified atom stereocenters. The monoisotopic (exact) mass is 382 g/mol. The van der Waals surface area contributed by atoms with Crippen molar-refractivity contribution in [3.8, 4) is 5.75 Å². The topological polar surface area (TPSA) is 59.6 Å². The van der Waals surface area contributed by atoms with Crippen molar-refractivity contribution in [2.45, 2.75) is 19.9 Å². The fourth-order valence-electron chi connectivity index (χ4n) is 3.03. The van der Waals surface area contributed by atoms with Gasteiger partial charge in [-0.3, -0.25) is 0 Å². The van der Waals surface area contributed by atoms with Gasteiger partial charge in [0.25, 0.3) is 0 Å². The Hall–Kier alpha value is -2.86. The van der Waals surface area contributed by atoms with Crippen molar-refractivity contribution in [2.24, 2.45) is 0 Å². The Labute approximate surface area is 164 Å². The molecule has 0 bridgehead atoms. The van der Waals surface area contributed by atoms with Gasteiger partial charge >= 0.3 is 5.97 Å². The largest absolute Gasteiger partial charge is 0.494 e. The van der Waals surface area contributed by atoms with Crippen LogP contribution < -0.4 is 15.4 Å². The van der Waals surface area contributed by atoms with Crippen LogP contribution in [0.5, 0.6) is 5.75 Å². The molecule has 1 aliphatic rings. The first-order valence-corrected chi connectivity index (χ1v) is 9.31. The lowest BCUT2D eigenvalue weighted by Crippen LogP contribution is -2.45. The molecule has 0 saturated heterocycles. The minimum Gasteiger partial charge on any atom is -0.494 e. The highest BCUT2D eigenvalue weighted by Gasteiger charge is 2.33. The molecule has 0 saturated carbocycles. The summed E-state index contributed by atoms with van der Waals surface area (Å²) >= 11 is 5.41. The highest BCUT2D eigenvalue weighted by Crippen LogP contribution is 2.33. The van der Waals surface area contributed by atoms with Gasteiger partial charge in [0.2, 0.25) is 0 Å². The third-order valence-electron chi connectivity index (χ3n) is 4.13. The van der Waals surface area contributed by atoms with Gasteiger partial charge in [-0.1, -0.05) is 42.5 Å². The second-order valence-corrected chi connectivity index (χ2v) is 6.32. The molecular formula is C21H22N2O3S. The van der Waals surface area contributed by atoms with E-state index in [1.807, 2.05) is 61.5 Å². The molecule has 0 fully saturated rings. The van der Waals surface area contributed by atoms with Crippen LogP contribution in [0.25, 0.3) is 5.70 Å². The van der Waals surface area contributed by atoms with Crippen molar-refractivity contribution in [1.29, 1.82) is 0 Å². The van der Waals surface area contributed by atoms with Gasteiger partial charge < -0.3 is 20.1 Å². The van der Waals surface area contributed by atoms with Crippen LogP contribution >= 0.6 is 12.2 Å². The Morgan fingerprint density at radius 1 is 1.07 bits per heavy atom. The van der Waals surface area contributed by atoms with Crippen molar-refractivity contribution in [1.82, 2.24) is 10.6 Å². The molecule has 6 heteroatoms. The summed E-state index contributed by atoms with van der Waals surface area (Å²) < 4.78 is 11.0. The highest BCUT2D eigenvalue weighted by molar-refractivity contribution is 7.80. The van der Waals surface area contributed by atoms with Crippen molar-refractivity contribution >= 4 is 29.0 Å². The zero-order chi connectivity index (χ0) is 19.2. The lowest BCUT2D eigenvalue weighted by atomic mass is 9.92.